The fourth-order valence-corrected chi connectivity index (χ4v) is 3.49. The first-order valence-electron chi connectivity index (χ1n) is 8.52. The summed E-state index contributed by atoms with van der Waals surface area (Å²) in [7, 11) is 0. The first kappa shape index (κ1) is 20.9. The molecule has 3 nitrogen and oxygen atoms in total. The number of halogens is 2. The lowest BCUT2D eigenvalue weighted by molar-refractivity contribution is -0.127. The summed E-state index contributed by atoms with van der Waals surface area (Å²) in [6.45, 7) is 4.44. The van der Waals surface area contributed by atoms with Crippen molar-refractivity contribution < 1.29 is 9.53 Å². The van der Waals surface area contributed by atoms with Gasteiger partial charge in [0, 0.05) is 28.1 Å². The first-order chi connectivity index (χ1) is 12.5. The lowest BCUT2D eigenvalue weighted by Gasteiger charge is -2.17. The number of carbonyl (C=O) groups excluding carboxylic acids is 1. The zero-order valence-electron chi connectivity index (χ0n) is 14.9. The number of carbonyl (C=O) groups is 1. The molecule has 2 aromatic rings. The van der Waals surface area contributed by atoms with Gasteiger partial charge < -0.3 is 10.1 Å². The monoisotopic (exact) mass is 411 g/mol. The highest BCUT2D eigenvalue weighted by molar-refractivity contribution is 7.98. The average molecular weight is 412 g/mol. The molecule has 0 aliphatic carbocycles. The van der Waals surface area contributed by atoms with Crippen LogP contribution in [0.5, 0.6) is 5.75 Å². The number of rotatable bonds is 9. The summed E-state index contributed by atoms with van der Waals surface area (Å²) in [5.74, 6) is 2.26. The maximum absolute atomic E-state index is 12.3. The molecular formula is C20H23Cl2NO2S. The number of nitrogens with one attached hydrogen (secondary N) is 1. The molecule has 0 aromatic heterocycles. The van der Waals surface area contributed by atoms with E-state index in [0.717, 1.165) is 22.1 Å². The minimum absolute atomic E-state index is 0.0940. The average Bonchev–Trinajstić information content (AvgIpc) is 2.62. The molecule has 26 heavy (non-hydrogen) atoms. The van der Waals surface area contributed by atoms with Gasteiger partial charge in [-0.2, -0.15) is 11.8 Å². The summed E-state index contributed by atoms with van der Waals surface area (Å²) in [5.41, 5.74) is 2.11. The molecule has 0 aliphatic rings. The van der Waals surface area contributed by atoms with E-state index in [1.54, 1.807) is 23.9 Å². The topological polar surface area (TPSA) is 38.3 Å². The molecule has 0 spiro atoms. The summed E-state index contributed by atoms with van der Waals surface area (Å²) in [4.78, 5) is 12.3. The molecule has 0 fully saturated rings. The van der Waals surface area contributed by atoms with E-state index in [2.05, 4.69) is 5.32 Å². The Bertz CT molecular complexity index is 740. The maximum Gasteiger partial charge on any atom is 0.261 e. The summed E-state index contributed by atoms with van der Waals surface area (Å²) in [6, 6.07) is 13.2. The Morgan fingerprint density at radius 1 is 1.23 bits per heavy atom. The second kappa shape index (κ2) is 10.7. The number of thioether (sulfide) groups is 1. The van der Waals surface area contributed by atoms with E-state index >= 15 is 0 Å². The summed E-state index contributed by atoms with van der Waals surface area (Å²) >= 11 is 13.7. The van der Waals surface area contributed by atoms with Crippen LogP contribution in [0.3, 0.4) is 0 Å². The van der Waals surface area contributed by atoms with Gasteiger partial charge in [-0.1, -0.05) is 42.3 Å². The van der Waals surface area contributed by atoms with Crippen molar-refractivity contribution in [3.8, 4) is 5.75 Å². The van der Waals surface area contributed by atoms with Crippen LogP contribution in [0.15, 0.2) is 42.5 Å². The van der Waals surface area contributed by atoms with Crippen LogP contribution in [0.1, 0.15) is 24.5 Å². The van der Waals surface area contributed by atoms with Crippen molar-refractivity contribution in [2.45, 2.75) is 32.1 Å². The van der Waals surface area contributed by atoms with Crippen molar-refractivity contribution >= 4 is 40.9 Å². The molecule has 140 valence electrons. The fourth-order valence-electron chi connectivity index (χ4n) is 2.35. The second-order valence-electron chi connectivity index (χ2n) is 5.90. The van der Waals surface area contributed by atoms with Gasteiger partial charge in [-0.3, -0.25) is 4.79 Å². The van der Waals surface area contributed by atoms with Crippen LogP contribution in [0.25, 0.3) is 0 Å². The molecule has 2 aromatic carbocycles. The minimum atomic E-state index is -0.506. The number of hydrogen-bond donors (Lipinski definition) is 1. The first-order valence-corrected chi connectivity index (χ1v) is 10.4. The van der Waals surface area contributed by atoms with Gasteiger partial charge in [0.1, 0.15) is 5.75 Å². The molecule has 0 radical (unpaired) electrons. The molecule has 0 saturated carbocycles. The Balaban J connectivity index is 1.73. The quantitative estimate of drug-likeness (QED) is 0.552. The number of ether oxygens (including phenoxy) is 1. The van der Waals surface area contributed by atoms with E-state index in [4.69, 9.17) is 27.9 Å². The summed E-state index contributed by atoms with van der Waals surface area (Å²) in [5, 5.41) is 4.37. The van der Waals surface area contributed by atoms with Crippen molar-refractivity contribution in [1.29, 1.82) is 0 Å². The predicted octanol–water partition coefficient (Wildman–Crippen LogP) is 5.51. The van der Waals surface area contributed by atoms with Crippen LogP contribution in [0.4, 0.5) is 0 Å². The molecule has 1 amide bonds. The van der Waals surface area contributed by atoms with Crippen molar-refractivity contribution in [1.82, 2.24) is 5.32 Å². The van der Waals surface area contributed by atoms with Gasteiger partial charge in [-0.15, -0.1) is 0 Å². The van der Waals surface area contributed by atoms with Crippen molar-refractivity contribution in [3.63, 3.8) is 0 Å². The van der Waals surface area contributed by atoms with Crippen molar-refractivity contribution in [2.24, 2.45) is 0 Å². The van der Waals surface area contributed by atoms with Gasteiger partial charge in [-0.05, 0) is 54.8 Å². The van der Waals surface area contributed by atoms with Gasteiger partial charge >= 0.3 is 0 Å². The highest BCUT2D eigenvalue weighted by Crippen LogP contribution is 2.22. The largest absolute Gasteiger partial charge is 0.481 e. The third-order valence-electron chi connectivity index (χ3n) is 3.77. The Kier molecular flexibility index (Phi) is 8.63. The SMILES string of the molecule is CC[C@H](Oc1ccc(Cl)c(C)c1)C(=O)NCCSCc1cccc(Cl)c1. The molecule has 0 unspecified atom stereocenters. The lowest BCUT2D eigenvalue weighted by atomic mass is 10.2. The Hall–Kier alpha value is -1.36. The van der Waals surface area contributed by atoms with Gasteiger partial charge in [-0.25, -0.2) is 0 Å². The van der Waals surface area contributed by atoms with Crippen LogP contribution >= 0.6 is 35.0 Å². The third-order valence-corrected chi connectivity index (χ3v) is 5.46. The van der Waals surface area contributed by atoms with E-state index in [1.165, 1.54) is 5.56 Å². The van der Waals surface area contributed by atoms with E-state index < -0.39 is 6.10 Å². The number of benzene rings is 2. The molecule has 1 N–H and O–H groups in total. The van der Waals surface area contributed by atoms with Crippen LogP contribution in [0, 0.1) is 6.92 Å². The molecular weight excluding hydrogens is 389 g/mol. The fraction of sp³-hybridized carbons (Fsp3) is 0.350. The number of aryl methyl sites for hydroxylation is 1. The van der Waals surface area contributed by atoms with E-state index in [0.29, 0.717) is 23.7 Å². The van der Waals surface area contributed by atoms with Gasteiger partial charge in [0.2, 0.25) is 0 Å². The lowest BCUT2D eigenvalue weighted by Crippen LogP contribution is -2.39. The zero-order valence-corrected chi connectivity index (χ0v) is 17.3. The normalized spacial score (nSPS) is 11.8. The van der Waals surface area contributed by atoms with E-state index in [-0.39, 0.29) is 5.91 Å². The molecule has 0 heterocycles. The number of amides is 1. The highest BCUT2D eigenvalue weighted by atomic mass is 35.5. The van der Waals surface area contributed by atoms with Crippen LogP contribution < -0.4 is 10.1 Å². The summed E-state index contributed by atoms with van der Waals surface area (Å²) < 4.78 is 5.81. The standard InChI is InChI=1S/C20H23Cl2NO2S/c1-3-19(25-17-7-8-18(22)14(2)11-17)20(24)23-9-10-26-13-15-5-4-6-16(21)12-15/h4-8,11-12,19H,3,9-10,13H2,1-2H3,(H,23,24)/t19-/m0/s1. The number of hydrogen-bond acceptors (Lipinski definition) is 3. The molecule has 1 atom stereocenters. The highest BCUT2D eigenvalue weighted by Gasteiger charge is 2.18. The minimum Gasteiger partial charge on any atom is -0.481 e. The Morgan fingerprint density at radius 2 is 2.04 bits per heavy atom. The van der Waals surface area contributed by atoms with Crippen molar-refractivity contribution in [3.05, 3.63) is 63.6 Å². The van der Waals surface area contributed by atoms with Crippen LogP contribution in [-0.2, 0) is 10.5 Å². The molecule has 6 heteroatoms. The zero-order chi connectivity index (χ0) is 18.9. The second-order valence-corrected chi connectivity index (χ2v) is 7.85. The van der Waals surface area contributed by atoms with Gasteiger partial charge in [0.15, 0.2) is 6.10 Å². The third kappa shape index (κ3) is 6.75. The van der Waals surface area contributed by atoms with Gasteiger partial charge in [0.25, 0.3) is 5.91 Å². The smallest absolute Gasteiger partial charge is 0.261 e. The summed E-state index contributed by atoms with van der Waals surface area (Å²) in [6.07, 6.45) is 0.0943. The van der Waals surface area contributed by atoms with Gasteiger partial charge in [0.05, 0.1) is 0 Å². The molecule has 0 bridgehead atoms. The van der Waals surface area contributed by atoms with Crippen LogP contribution in [0.2, 0.25) is 10.0 Å². The van der Waals surface area contributed by atoms with Crippen molar-refractivity contribution in [2.75, 3.05) is 12.3 Å². The molecule has 0 aliphatic heterocycles. The van der Waals surface area contributed by atoms with E-state index in [1.807, 2.05) is 44.2 Å². The van der Waals surface area contributed by atoms with Crippen LogP contribution in [-0.4, -0.2) is 24.3 Å². The maximum atomic E-state index is 12.3. The van der Waals surface area contributed by atoms with E-state index in [9.17, 15) is 4.79 Å². The predicted molar refractivity (Wildman–Crippen MR) is 112 cm³/mol. The molecule has 0 saturated heterocycles. The Morgan fingerprint density at radius 3 is 2.73 bits per heavy atom. The Labute approximate surface area is 169 Å². The molecule has 2 rings (SSSR count).